The van der Waals surface area contributed by atoms with Crippen LogP contribution in [0.15, 0.2) is 18.3 Å². The minimum Gasteiger partial charge on any atom is -0.320 e. The quantitative estimate of drug-likeness (QED) is 0.796. The Labute approximate surface area is 110 Å². The van der Waals surface area contributed by atoms with Gasteiger partial charge in [0.15, 0.2) is 0 Å². The van der Waals surface area contributed by atoms with Gasteiger partial charge in [0.2, 0.25) is 0 Å². The maximum atomic E-state index is 12.9. The summed E-state index contributed by atoms with van der Waals surface area (Å²) in [5.74, 6) is 0.305. The molecule has 0 bridgehead atoms. The van der Waals surface area contributed by atoms with Crippen LogP contribution in [-0.4, -0.2) is 4.98 Å². The fourth-order valence-electron chi connectivity index (χ4n) is 2.36. The maximum absolute atomic E-state index is 12.9. The predicted octanol–water partition coefficient (Wildman–Crippen LogP) is 4.00. The lowest BCUT2D eigenvalue weighted by atomic mass is 9.83. The monoisotopic (exact) mass is 252 g/mol. The minimum atomic E-state index is -0.470. The van der Waals surface area contributed by atoms with Crippen molar-refractivity contribution in [2.45, 2.75) is 58.4 Å². The van der Waals surface area contributed by atoms with Crippen LogP contribution in [0.3, 0.4) is 0 Å². The first-order valence-electron chi connectivity index (χ1n) is 6.90. The van der Waals surface area contributed by atoms with Gasteiger partial charge in [-0.2, -0.15) is 0 Å². The summed E-state index contributed by atoms with van der Waals surface area (Å²) in [5.41, 5.74) is 6.66. The molecule has 1 aromatic heterocycles. The summed E-state index contributed by atoms with van der Waals surface area (Å²) in [5, 5.41) is 0. The van der Waals surface area contributed by atoms with Crippen molar-refractivity contribution in [2.24, 2.45) is 11.7 Å². The molecule has 0 fully saturated rings. The average molecular weight is 252 g/mol. The van der Waals surface area contributed by atoms with Crippen LogP contribution in [0.1, 0.15) is 58.6 Å². The first kappa shape index (κ1) is 15.1. The number of pyridine rings is 1. The van der Waals surface area contributed by atoms with E-state index in [9.17, 15) is 4.39 Å². The Balaban J connectivity index is 2.69. The molecule has 0 saturated carbocycles. The standard InChI is InChI=1S/C15H25FN2/c1-4-6-7-12(5-2)10-15(3,17)14-9-8-13(16)11-18-14/h8-9,11-12H,4-7,10,17H2,1-3H3. The molecule has 0 aliphatic heterocycles. The van der Waals surface area contributed by atoms with E-state index < -0.39 is 5.54 Å². The summed E-state index contributed by atoms with van der Waals surface area (Å²) in [7, 11) is 0. The van der Waals surface area contributed by atoms with Gasteiger partial charge >= 0.3 is 0 Å². The number of rotatable bonds is 7. The van der Waals surface area contributed by atoms with E-state index in [0.29, 0.717) is 5.92 Å². The second-order valence-corrected chi connectivity index (χ2v) is 5.40. The van der Waals surface area contributed by atoms with Crippen LogP contribution in [0.2, 0.25) is 0 Å². The van der Waals surface area contributed by atoms with E-state index in [0.717, 1.165) is 18.5 Å². The zero-order chi connectivity index (χ0) is 13.6. The van der Waals surface area contributed by atoms with Gasteiger partial charge in [-0.15, -0.1) is 0 Å². The van der Waals surface area contributed by atoms with Crippen molar-refractivity contribution in [3.05, 3.63) is 29.8 Å². The Kier molecular flexibility index (Phi) is 5.73. The molecular weight excluding hydrogens is 227 g/mol. The smallest absolute Gasteiger partial charge is 0.141 e. The van der Waals surface area contributed by atoms with Gasteiger partial charge in [-0.25, -0.2) is 4.39 Å². The van der Waals surface area contributed by atoms with E-state index >= 15 is 0 Å². The Hall–Kier alpha value is -0.960. The van der Waals surface area contributed by atoms with E-state index in [2.05, 4.69) is 18.8 Å². The second-order valence-electron chi connectivity index (χ2n) is 5.40. The normalized spacial score (nSPS) is 16.3. The lowest BCUT2D eigenvalue weighted by Crippen LogP contribution is -2.36. The number of halogens is 1. The first-order chi connectivity index (χ1) is 8.49. The van der Waals surface area contributed by atoms with Crippen molar-refractivity contribution in [1.82, 2.24) is 4.98 Å². The number of nitrogens with zero attached hydrogens (tertiary/aromatic N) is 1. The Bertz CT molecular complexity index is 346. The number of unbranched alkanes of at least 4 members (excludes halogenated alkanes) is 1. The molecule has 2 unspecified atom stereocenters. The van der Waals surface area contributed by atoms with Gasteiger partial charge in [0.05, 0.1) is 17.4 Å². The lowest BCUT2D eigenvalue weighted by Gasteiger charge is -2.28. The highest BCUT2D eigenvalue weighted by Gasteiger charge is 2.26. The Morgan fingerprint density at radius 1 is 1.39 bits per heavy atom. The van der Waals surface area contributed by atoms with Crippen molar-refractivity contribution in [3.63, 3.8) is 0 Å². The fourth-order valence-corrected chi connectivity index (χ4v) is 2.36. The van der Waals surface area contributed by atoms with Crippen LogP contribution >= 0.6 is 0 Å². The highest BCUT2D eigenvalue weighted by molar-refractivity contribution is 5.14. The van der Waals surface area contributed by atoms with Gasteiger partial charge < -0.3 is 5.73 Å². The number of hydrogen-bond donors (Lipinski definition) is 1. The van der Waals surface area contributed by atoms with Gasteiger partial charge in [0, 0.05) is 0 Å². The van der Waals surface area contributed by atoms with Crippen LogP contribution in [0.25, 0.3) is 0 Å². The summed E-state index contributed by atoms with van der Waals surface area (Å²) < 4.78 is 12.9. The van der Waals surface area contributed by atoms with Gasteiger partial charge in [-0.3, -0.25) is 4.98 Å². The Morgan fingerprint density at radius 3 is 2.61 bits per heavy atom. The SMILES string of the molecule is CCCCC(CC)CC(C)(N)c1ccc(F)cn1. The minimum absolute atomic E-state index is 0.312. The molecule has 2 atom stereocenters. The van der Waals surface area contributed by atoms with Crippen LogP contribution in [0.4, 0.5) is 4.39 Å². The molecule has 0 aromatic carbocycles. The molecule has 2 N–H and O–H groups in total. The average Bonchev–Trinajstić information content (AvgIpc) is 2.35. The Morgan fingerprint density at radius 2 is 2.11 bits per heavy atom. The number of hydrogen-bond acceptors (Lipinski definition) is 2. The molecule has 0 aliphatic carbocycles. The topological polar surface area (TPSA) is 38.9 Å². The molecule has 1 rings (SSSR count). The fraction of sp³-hybridized carbons (Fsp3) is 0.667. The third-order valence-corrected chi connectivity index (χ3v) is 3.57. The summed E-state index contributed by atoms with van der Waals surface area (Å²) in [4.78, 5) is 4.12. The summed E-state index contributed by atoms with van der Waals surface area (Å²) in [6.45, 7) is 6.40. The molecule has 3 heteroatoms. The molecule has 102 valence electrons. The molecule has 1 aromatic rings. The first-order valence-corrected chi connectivity index (χ1v) is 6.90. The largest absolute Gasteiger partial charge is 0.320 e. The van der Waals surface area contributed by atoms with E-state index in [-0.39, 0.29) is 5.82 Å². The van der Waals surface area contributed by atoms with Crippen LogP contribution in [-0.2, 0) is 5.54 Å². The molecule has 1 heterocycles. The lowest BCUT2D eigenvalue weighted by molar-refractivity contribution is 0.310. The highest BCUT2D eigenvalue weighted by atomic mass is 19.1. The van der Waals surface area contributed by atoms with E-state index in [1.807, 2.05) is 6.92 Å². The molecule has 0 saturated heterocycles. The maximum Gasteiger partial charge on any atom is 0.141 e. The van der Waals surface area contributed by atoms with Crippen molar-refractivity contribution < 1.29 is 4.39 Å². The zero-order valence-corrected chi connectivity index (χ0v) is 11.7. The molecule has 2 nitrogen and oxygen atoms in total. The second kappa shape index (κ2) is 6.83. The molecule has 0 aliphatic rings. The zero-order valence-electron chi connectivity index (χ0n) is 11.7. The highest BCUT2D eigenvalue weighted by Crippen LogP contribution is 2.28. The van der Waals surface area contributed by atoms with Gasteiger partial charge in [0.1, 0.15) is 5.82 Å². The van der Waals surface area contributed by atoms with E-state index in [4.69, 9.17) is 5.73 Å². The summed E-state index contributed by atoms with van der Waals surface area (Å²) >= 11 is 0. The van der Waals surface area contributed by atoms with Crippen LogP contribution in [0.5, 0.6) is 0 Å². The molecular formula is C15H25FN2. The molecule has 0 amide bonds. The summed E-state index contributed by atoms with van der Waals surface area (Å²) in [6, 6.07) is 3.13. The molecule has 0 spiro atoms. The van der Waals surface area contributed by atoms with Gasteiger partial charge in [0.25, 0.3) is 0 Å². The number of aromatic nitrogens is 1. The van der Waals surface area contributed by atoms with E-state index in [1.165, 1.54) is 31.5 Å². The van der Waals surface area contributed by atoms with Gasteiger partial charge in [-0.1, -0.05) is 39.5 Å². The molecule has 0 radical (unpaired) electrons. The van der Waals surface area contributed by atoms with Crippen molar-refractivity contribution >= 4 is 0 Å². The van der Waals surface area contributed by atoms with Crippen molar-refractivity contribution in [1.29, 1.82) is 0 Å². The van der Waals surface area contributed by atoms with E-state index in [1.54, 1.807) is 6.07 Å². The number of nitrogens with two attached hydrogens (primary N) is 1. The predicted molar refractivity (Wildman–Crippen MR) is 73.7 cm³/mol. The third-order valence-electron chi connectivity index (χ3n) is 3.57. The van der Waals surface area contributed by atoms with Crippen LogP contribution < -0.4 is 5.73 Å². The summed E-state index contributed by atoms with van der Waals surface area (Å²) in [6.07, 6.45) is 6.95. The molecule has 18 heavy (non-hydrogen) atoms. The van der Waals surface area contributed by atoms with Gasteiger partial charge in [-0.05, 0) is 31.4 Å². The van der Waals surface area contributed by atoms with Crippen molar-refractivity contribution in [3.8, 4) is 0 Å². The van der Waals surface area contributed by atoms with Crippen molar-refractivity contribution in [2.75, 3.05) is 0 Å². The van der Waals surface area contributed by atoms with Crippen LogP contribution in [0, 0.1) is 11.7 Å². The third kappa shape index (κ3) is 4.37.